The highest BCUT2D eigenvalue weighted by molar-refractivity contribution is 9.09. The minimum Gasteiger partial charge on any atom is -0.507 e. The van der Waals surface area contributed by atoms with Crippen molar-refractivity contribution in [3.05, 3.63) is 29.8 Å². The molecule has 0 aliphatic carbocycles. The lowest BCUT2D eigenvalue weighted by Gasteiger charge is -2.05. The minimum atomic E-state index is -0.455. The van der Waals surface area contributed by atoms with Crippen molar-refractivity contribution in [1.82, 2.24) is 0 Å². The van der Waals surface area contributed by atoms with Crippen molar-refractivity contribution in [3.8, 4) is 5.75 Å². The second-order valence-corrected chi connectivity index (χ2v) is 4.55. The Morgan fingerprint density at radius 3 is 2.59 bits per heavy atom. The lowest BCUT2D eigenvalue weighted by Crippen LogP contribution is -2.06. The molecule has 1 rings (SSSR count). The minimum absolute atomic E-state index is 0.0308. The van der Waals surface area contributed by atoms with Crippen LogP contribution in [0.15, 0.2) is 24.3 Å². The molecule has 17 heavy (non-hydrogen) atoms. The molecule has 0 aliphatic rings. The van der Waals surface area contributed by atoms with Gasteiger partial charge in [0.15, 0.2) is 0 Å². The Bertz CT molecular complexity index is 352. The van der Waals surface area contributed by atoms with E-state index >= 15 is 0 Å². The summed E-state index contributed by atoms with van der Waals surface area (Å²) >= 11 is 3.37. The highest BCUT2D eigenvalue weighted by Crippen LogP contribution is 2.16. The van der Waals surface area contributed by atoms with Crippen LogP contribution in [0, 0.1) is 0 Å². The molecule has 0 unspecified atom stereocenters. The van der Waals surface area contributed by atoms with Crippen LogP contribution >= 0.6 is 15.9 Å². The number of aromatic hydroxyl groups is 1. The highest BCUT2D eigenvalue weighted by Gasteiger charge is 2.10. The van der Waals surface area contributed by atoms with Crippen molar-refractivity contribution in [2.24, 2.45) is 0 Å². The third-order valence-electron chi connectivity index (χ3n) is 2.39. The molecule has 0 fully saturated rings. The fourth-order valence-corrected chi connectivity index (χ4v) is 1.84. The number of alkyl halides is 1. The number of halogens is 1. The summed E-state index contributed by atoms with van der Waals surface area (Å²) in [5.41, 5.74) is 0.230. The van der Waals surface area contributed by atoms with Crippen molar-refractivity contribution in [2.45, 2.75) is 25.7 Å². The third kappa shape index (κ3) is 5.22. The Kier molecular flexibility index (Phi) is 6.70. The van der Waals surface area contributed by atoms with E-state index in [9.17, 15) is 9.90 Å². The van der Waals surface area contributed by atoms with Gasteiger partial charge in [0.2, 0.25) is 0 Å². The Morgan fingerprint density at radius 2 is 1.88 bits per heavy atom. The summed E-state index contributed by atoms with van der Waals surface area (Å²) in [5, 5.41) is 10.5. The van der Waals surface area contributed by atoms with Gasteiger partial charge >= 0.3 is 5.97 Å². The number of ether oxygens (including phenoxy) is 1. The second kappa shape index (κ2) is 8.12. The summed E-state index contributed by atoms with van der Waals surface area (Å²) in [6.07, 6.45) is 4.21. The molecule has 1 aromatic rings. The average Bonchev–Trinajstić information content (AvgIpc) is 2.34. The summed E-state index contributed by atoms with van der Waals surface area (Å²) in [7, 11) is 0. The van der Waals surface area contributed by atoms with Crippen molar-refractivity contribution in [2.75, 3.05) is 11.9 Å². The highest BCUT2D eigenvalue weighted by atomic mass is 79.9. The molecule has 0 heterocycles. The van der Waals surface area contributed by atoms with Crippen molar-refractivity contribution in [3.63, 3.8) is 0 Å². The van der Waals surface area contributed by atoms with Crippen LogP contribution in [-0.4, -0.2) is 23.0 Å². The van der Waals surface area contributed by atoms with Gasteiger partial charge in [-0.05, 0) is 25.0 Å². The number of hydrogen-bond acceptors (Lipinski definition) is 3. The number of rotatable bonds is 7. The van der Waals surface area contributed by atoms with Gasteiger partial charge in [0.1, 0.15) is 11.3 Å². The van der Waals surface area contributed by atoms with Crippen molar-refractivity contribution < 1.29 is 14.6 Å². The standard InChI is InChI=1S/C13H17BrO3/c14-9-5-1-2-6-10-17-13(16)11-7-3-4-8-12(11)15/h3-4,7-8,15H,1-2,5-6,9-10H2. The van der Waals surface area contributed by atoms with E-state index in [1.165, 1.54) is 6.07 Å². The summed E-state index contributed by atoms with van der Waals surface area (Å²) in [4.78, 5) is 11.6. The maximum absolute atomic E-state index is 11.6. The van der Waals surface area contributed by atoms with E-state index in [0.717, 1.165) is 31.0 Å². The van der Waals surface area contributed by atoms with E-state index in [1.807, 2.05) is 0 Å². The van der Waals surface area contributed by atoms with Crippen LogP contribution in [0.4, 0.5) is 0 Å². The predicted octanol–water partition coefficient (Wildman–Crippen LogP) is 3.50. The number of carbonyl (C=O) groups excluding carboxylic acids is 1. The molecule has 0 saturated heterocycles. The van der Waals surface area contributed by atoms with E-state index in [4.69, 9.17) is 4.74 Å². The summed E-state index contributed by atoms with van der Waals surface area (Å²) in [6.45, 7) is 0.412. The lowest BCUT2D eigenvalue weighted by molar-refractivity contribution is 0.0494. The maximum atomic E-state index is 11.6. The first-order valence-corrected chi connectivity index (χ1v) is 6.89. The molecule has 1 N–H and O–H groups in total. The van der Waals surface area contributed by atoms with E-state index < -0.39 is 5.97 Å². The molecule has 0 atom stereocenters. The van der Waals surface area contributed by atoms with Gasteiger partial charge in [-0.1, -0.05) is 40.9 Å². The molecule has 0 aromatic heterocycles. The van der Waals surface area contributed by atoms with E-state index in [0.29, 0.717) is 6.61 Å². The molecular formula is C13H17BrO3. The van der Waals surface area contributed by atoms with Crippen molar-refractivity contribution >= 4 is 21.9 Å². The van der Waals surface area contributed by atoms with Crippen LogP contribution in [0.5, 0.6) is 5.75 Å². The van der Waals surface area contributed by atoms with Gasteiger partial charge in [-0.15, -0.1) is 0 Å². The maximum Gasteiger partial charge on any atom is 0.341 e. The van der Waals surface area contributed by atoms with Crippen molar-refractivity contribution in [1.29, 1.82) is 0 Å². The third-order valence-corrected chi connectivity index (χ3v) is 2.95. The molecule has 3 nitrogen and oxygen atoms in total. The molecule has 0 bridgehead atoms. The fourth-order valence-electron chi connectivity index (χ4n) is 1.44. The number of benzene rings is 1. The van der Waals surface area contributed by atoms with Gasteiger partial charge in [-0.25, -0.2) is 4.79 Å². The predicted molar refractivity (Wildman–Crippen MR) is 70.7 cm³/mol. The van der Waals surface area contributed by atoms with Crippen LogP contribution < -0.4 is 0 Å². The Balaban J connectivity index is 2.24. The molecule has 0 aliphatic heterocycles. The number of unbranched alkanes of at least 4 members (excludes halogenated alkanes) is 3. The number of para-hydroxylation sites is 1. The summed E-state index contributed by atoms with van der Waals surface area (Å²) in [5.74, 6) is -0.486. The quantitative estimate of drug-likeness (QED) is 0.476. The zero-order chi connectivity index (χ0) is 12.5. The smallest absolute Gasteiger partial charge is 0.341 e. The number of phenols is 1. The Labute approximate surface area is 110 Å². The normalized spacial score (nSPS) is 10.2. The SMILES string of the molecule is O=C(OCCCCCCBr)c1ccccc1O. The fraction of sp³-hybridized carbons (Fsp3) is 0.462. The molecule has 94 valence electrons. The number of hydrogen-bond donors (Lipinski definition) is 1. The van der Waals surface area contributed by atoms with Crippen LogP contribution in [0.2, 0.25) is 0 Å². The largest absolute Gasteiger partial charge is 0.507 e. The first-order chi connectivity index (χ1) is 8.25. The van der Waals surface area contributed by atoms with E-state index in [1.54, 1.807) is 18.2 Å². The number of carbonyl (C=O) groups is 1. The molecule has 1 aromatic carbocycles. The lowest BCUT2D eigenvalue weighted by atomic mass is 10.2. The van der Waals surface area contributed by atoms with Gasteiger partial charge in [-0.3, -0.25) is 0 Å². The van der Waals surface area contributed by atoms with Gasteiger partial charge < -0.3 is 9.84 Å². The van der Waals surface area contributed by atoms with Crippen LogP contribution in [0.1, 0.15) is 36.0 Å². The van der Waals surface area contributed by atoms with Crippen LogP contribution in [0.3, 0.4) is 0 Å². The molecular weight excluding hydrogens is 284 g/mol. The molecule has 4 heteroatoms. The van der Waals surface area contributed by atoms with Crippen LogP contribution in [-0.2, 0) is 4.74 Å². The monoisotopic (exact) mass is 300 g/mol. The van der Waals surface area contributed by atoms with Gasteiger partial charge in [-0.2, -0.15) is 0 Å². The molecule has 0 spiro atoms. The number of esters is 1. The zero-order valence-corrected chi connectivity index (χ0v) is 11.3. The average molecular weight is 301 g/mol. The van der Waals surface area contributed by atoms with E-state index in [2.05, 4.69) is 15.9 Å². The van der Waals surface area contributed by atoms with Gasteiger partial charge in [0, 0.05) is 5.33 Å². The summed E-state index contributed by atoms with van der Waals surface area (Å²) in [6, 6.07) is 6.41. The topological polar surface area (TPSA) is 46.5 Å². The molecule has 0 amide bonds. The number of phenolic OH excluding ortho intramolecular Hbond substituents is 1. The van der Waals surface area contributed by atoms with Gasteiger partial charge in [0.05, 0.1) is 6.61 Å². The van der Waals surface area contributed by atoms with Gasteiger partial charge in [0.25, 0.3) is 0 Å². The first kappa shape index (κ1) is 14.0. The van der Waals surface area contributed by atoms with E-state index in [-0.39, 0.29) is 11.3 Å². The second-order valence-electron chi connectivity index (χ2n) is 3.76. The Morgan fingerprint density at radius 1 is 1.18 bits per heavy atom. The molecule has 0 radical (unpaired) electrons. The van der Waals surface area contributed by atoms with Crippen LogP contribution in [0.25, 0.3) is 0 Å². The zero-order valence-electron chi connectivity index (χ0n) is 9.69. The Hall–Kier alpha value is -1.03. The molecule has 0 saturated carbocycles. The summed E-state index contributed by atoms with van der Waals surface area (Å²) < 4.78 is 5.08. The first-order valence-electron chi connectivity index (χ1n) is 5.77.